The number of non-ortho nitro benzene ring substituents is 1. The SMILES string of the molecule is COc1cc([N+](=O)[O-])ccc1NC(=S)Nc1nc(C)cc(C)n1. The summed E-state index contributed by atoms with van der Waals surface area (Å²) in [6.07, 6.45) is 0. The van der Waals surface area contributed by atoms with Crippen molar-refractivity contribution in [1.82, 2.24) is 9.97 Å². The lowest BCUT2D eigenvalue weighted by Crippen LogP contribution is -2.21. The Morgan fingerprint density at radius 2 is 1.87 bits per heavy atom. The fourth-order valence-electron chi connectivity index (χ4n) is 1.93. The highest BCUT2D eigenvalue weighted by Gasteiger charge is 2.12. The topological polar surface area (TPSA) is 102 Å². The molecule has 0 saturated heterocycles. The maximum absolute atomic E-state index is 10.8. The van der Waals surface area contributed by atoms with E-state index in [0.29, 0.717) is 17.4 Å². The van der Waals surface area contributed by atoms with Gasteiger partial charge in [0.25, 0.3) is 5.69 Å². The largest absolute Gasteiger partial charge is 0.494 e. The summed E-state index contributed by atoms with van der Waals surface area (Å²) in [6.45, 7) is 3.71. The predicted octanol–water partition coefficient (Wildman–Crippen LogP) is 2.82. The van der Waals surface area contributed by atoms with Gasteiger partial charge in [0.1, 0.15) is 5.75 Å². The van der Waals surface area contributed by atoms with Crippen LogP contribution < -0.4 is 15.4 Å². The van der Waals surface area contributed by atoms with Gasteiger partial charge in [-0.3, -0.25) is 10.1 Å². The van der Waals surface area contributed by atoms with Gasteiger partial charge in [0, 0.05) is 17.5 Å². The number of thiocarbonyl (C=S) groups is 1. The molecule has 2 rings (SSSR count). The maximum Gasteiger partial charge on any atom is 0.273 e. The number of benzene rings is 1. The first-order valence-corrected chi connectivity index (χ1v) is 7.02. The molecular formula is C14H15N5O3S. The van der Waals surface area contributed by atoms with Crippen LogP contribution in [0.3, 0.4) is 0 Å². The highest BCUT2D eigenvalue weighted by atomic mass is 32.1. The summed E-state index contributed by atoms with van der Waals surface area (Å²) < 4.78 is 5.14. The molecule has 0 amide bonds. The third-order valence-electron chi connectivity index (χ3n) is 2.85. The van der Waals surface area contributed by atoms with E-state index in [4.69, 9.17) is 17.0 Å². The Bertz CT molecular complexity index is 746. The first-order chi connectivity index (χ1) is 10.9. The van der Waals surface area contributed by atoms with Crippen molar-refractivity contribution in [3.63, 3.8) is 0 Å². The third kappa shape index (κ3) is 4.33. The standard InChI is InChI=1S/C14H15N5O3S/c1-8-6-9(2)16-13(15-8)18-14(23)17-11-5-4-10(19(20)21)7-12(11)22-3/h4-7H,1-3H3,(H2,15,16,17,18,23). The van der Waals surface area contributed by atoms with E-state index in [1.165, 1.54) is 25.3 Å². The molecule has 23 heavy (non-hydrogen) atoms. The van der Waals surface area contributed by atoms with E-state index in [1.807, 2.05) is 19.9 Å². The summed E-state index contributed by atoms with van der Waals surface area (Å²) in [4.78, 5) is 18.7. The van der Waals surface area contributed by atoms with Gasteiger partial charge in [-0.05, 0) is 38.2 Å². The average molecular weight is 333 g/mol. The second-order valence-corrected chi connectivity index (χ2v) is 5.10. The lowest BCUT2D eigenvalue weighted by Gasteiger charge is -2.13. The number of hydrogen-bond acceptors (Lipinski definition) is 6. The number of rotatable bonds is 4. The van der Waals surface area contributed by atoms with Crippen LogP contribution in [0.4, 0.5) is 17.3 Å². The van der Waals surface area contributed by atoms with Crippen molar-refractivity contribution in [2.24, 2.45) is 0 Å². The molecule has 0 aliphatic rings. The summed E-state index contributed by atoms with van der Waals surface area (Å²) in [5.41, 5.74) is 2.07. The highest BCUT2D eigenvalue weighted by Crippen LogP contribution is 2.29. The lowest BCUT2D eigenvalue weighted by molar-refractivity contribution is -0.384. The van der Waals surface area contributed by atoms with Gasteiger partial charge in [-0.2, -0.15) is 0 Å². The molecule has 2 aromatic rings. The van der Waals surface area contributed by atoms with E-state index >= 15 is 0 Å². The summed E-state index contributed by atoms with van der Waals surface area (Å²) >= 11 is 5.20. The number of nitro groups is 1. The van der Waals surface area contributed by atoms with Crippen LogP contribution in [-0.4, -0.2) is 27.1 Å². The van der Waals surface area contributed by atoms with Gasteiger partial charge >= 0.3 is 0 Å². The first kappa shape index (κ1) is 16.6. The van der Waals surface area contributed by atoms with Crippen molar-refractivity contribution in [2.45, 2.75) is 13.8 Å². The number of anilines is 2. The van der Waals surface area contributed by atoms with Crippen molar-refractivity contribution in [1.29, 1.82) is 0 Å². The minimum atomic E-state index is -0.494. The molecular weight excluding hydrogens is 318 g/mol. The predicted molar refractivity (Wildman–Crippen MR) is 91.0 cm³/mol. The molecule has 0 aliphatic heterocycles. The summed E-state index contributed by atoms with van der Waals surface area (Å²) in [5, 5.41) is 16.8. The molecule has 0 atom stereocenters. The summed E-state index contributed by atoms with van der Waals surface area (Å²) in [5.74, 6) is 0.686. The molecule has 0 radical (unpaired) electrons. The second kappa shape index (κ2) is 6.97. The van der Waals surface area contributed by atoms with Gasteiger partial charge in [0.15, 0.2) is 5.11 Å². The Kier molecular flexibility index (Phi) is 5.02. The van der Waals surface area contributed by atoms with Crippen molar-refractivity contribution in [3.8, 4) is 5.75 Å². The number of aromatic nitrogens is 2. The van der Waals surface area contributed by atoms with Gasteiger partial charge < -0.3 is 15.4 Å². The van der Waals surface area contributed by atoms with Gasteiger partial charge in [0.2, 0.25) is 5.95 Å². The smallest absolute Gasteiger partial charge is 0.273 e. The van der Waals surface area contributed by atoms with Gasteiger partial charge in [0.05, 0.1) is 23.8 Å². The number of ether oxygens (including phenoxy) is 1. The fraction of sp³-hybridized carbons (Fsp3) is 0.214. The molecule has 0 spiro atoms. The molecule has 0 aliphatic carbocycles. The van der Waals surface area contributed by atoms with E-state index in [9.17, 15) is 10.1 Å². The van der Waals surface area contributed by atoms with Crippen LogP contribution in [-0.2, 0) is 0 Å². The Morgan fingerprint density at radius 1 is 1.22 bits per heavy atom. The molecule has 2 N–H and O–H groups in total. The van der Waals surface area contributed by atoms with Crippen LogP contribution in [0.25, 0.3) is 0 Å². The van der Waals surface area contributed by atoms with Crippen molar-refractivity contribution >= 4 is 34.7 Å². The quantitative estimate of drug-likeness (QED) is 0.500. The number of nitro benzene ring substituents is 1. The first-order valence-electron chi connectivity index (χ1n) is 6.62. The lowest BCUT2D eigenvalue weighted by atomic mass is 10.2. The number of hydrogen-bond donors (Lipinski definition) is 2. The van der Waals surface area contributed by atoms with Crippen LogP contribution in [0.5, 0.6) is 5.75 Å². The average Bonchev–Trinajstić information content (AvgIpc) is 2.46. The Labute approximate surface area is 138 Å². The highest BCUT2D eigenvalue weighted by molar-refractivity contribution is 7.80. The molecule has 0 bridgehead atoms. The van der Waals surface area contributed by atoms with Crippen LogP contribution in [0, 0.1) is 24.0 Å². The van der Waals surface area contributed by atoms with E-state index in [0.717, 1.165) is 11.4 Å². The molecule has 1 heterocycles. The third-order valence-corrected chi connectivity index (χ3v) is 3.06. The normalized spacial score (nSPS) is 10.0. The zero-order valence-corrected chi connectivity index (χ0v) is 13.6. The zero-order chi connectivity index (χ0) is 17.0. The van der Waals surface area contributed by atoms with Crippen LogP contribution in [0.15, 0.2) is 24.3 Å². The molecule has 0 unspecified atom stereocenters. The molecule has 8 nitrogen and oxygen atoms in total. The monoisotopic (exact) mass is 333 g/mol. The van der Waals surface area contributed by atoms with Crippen LogP contribution in [0.2, 0.25) is 0 Å². The summed E-state index contributed by atoms with van der Waals surface area (Å²) in [7, 11) is 1.42. The van der Waals surface area contributed by atoms with E-state index in [1.54, 1.807) is 0 Å². The molecule has 1 aromatic heterocycles. The van der Waals surface area contributed by atoms with Gasteiger partial charge in [-0.25, -0.2) is 9.97 Å². The number of aryl methyl sites for hydroxylation is 2. The van der Waals surface area contributed by atoms with Crippen molar-refractivity contribution < 1.29 is 9.66 Å². The van der Waals surface area contributed by atoms with Crippen molar-refractivity contribution in [3.05, 3.63) is 45.8 Å². The minimum Gasteiger partial charge on any atom is -0.494 e. The summed E-state index contributed by atoms with van der Waals surface area (Å²) in [6, 6.07) is 6.05. The Hall–Kier alpha value is -2.81. The fourth-order valence-corrected chi connectivity index (χ4v) is 2.13. The van der Waals surface area contributed by atoms with Crippen LogP contribution in [0.1, 0.15) is 11.4 Å². The van der Waals surface area contributed by atoms with Crippen molar-refractivity contribution in [2.75, 3.05) is 17.7 Å². The van der Waals surface area contributed by atoms with E-state index < -0.39 is 4.92 Å². The molecule has 9 heteroatoms. The Morgan fingerprint density at radius 3 is 2.43 bits per heavy atom. The molecule has 0 fully saturated rings. The van der Waals surface area contributed by atoms with Gasteiger partial charge in [-0.15, -0.1) is 0 Å². The number of methoxy groups -OCH3 is 1. The molecule has 1 aromatic carbocycles. The molecule has 0 saturated carbocycles. The van der Waals surface area contributed by atoms with Crippen LogP contribution >= 0.6 is 12.2 Å². The zero-order valence-electron chi connectivity index (χ0n) is 12.8. The number of nitrogens with one attached hydrogen (secondary N) is 2. The maximum atomic E-state index is 10.8. The molecule has 120 valence electrons. The second-order valence-electron chi connectivity index (χ2n) is 4.70. The Balaban J connectivity index is 2.15. The minimum absolute atomic E-state index is 0.0658. The van der Waals surface area contributed by atoms with E-state index in [2.05, 4.69) is 20.6 Å². The van der Waals surface area contributed by atoms with Gasteiger partial charge in [-0.1, -0.05) is 0 Å². The van der Waals surface area contributed by atoms with E-state index in [-0.39, 0.29) is 10.8 Å². The number of nitrogens with zero attached hydrogens (tertiary/aromatic N) is 3.